The Bertz CT molecular complexity index is 747. The van der Waals surface area contributed by atoms with Gasteiger partial charge in [0.15, 0.2) is 0 Å². The molecule has 1 amide bonds. The monoisotopic (exact) mass is 339 g/mol. The zero-order valence-corrected chi connectivity index (χ0v) is 14.8. The molecule has 1 aliphatic rings. The van der Waals surface area contributed by atoms with Crippen LogP contribution >= 0.6 is 0 Å². The topological polar surface area (TPSA) is 84.1 Å². The average Bonchev–Trinajstić information content (AvgIpc) is 2.64. The summed E-state index contributed by atoms with van der Waals surface area (Å²) in [6, 6.07) is 9.60. The number of aromatic nitrogens is 2. The lowest BCUT2D eigenvalue weighted by Gasteiger charge is -2.34. The number of aryl methyl sites for hydroxylation is 1. The van der Waals surface area contributed by atoms with Crippen LogP contribution in [0.25, 0.3) is 0 Å². The molecule has 1 aromatic carbocycles. The van der Waals surface area contributed by atoms with Crippen molar-refractivity contribution in [2.75, 3.05) is 24.1 Å². The molecule has 1 saturated heterocycles. The van der Waals surface area contributed by atoms with Gasteiger partial charge in [-0.2, -0.15) is 4.98 Å². The first-order chi connectivity index (χ1) is 12.1. The smallest absolute Gasteiger partial charge is 0.253 e. The molecular weight excluding hydrogens is 314 g/mol. The minimum atomic E-state index is 0.0836. The van der Waals surface area contributed by atoms with E-state index in [9.17, 15) is 4.79 Å². The number of anilines is 2. The molecule has 1 aliphatic heterocycles. The molecule has 6 heteroatoms. The predicted octanol–water partition coefficient (Wildman–Crippen LogP) is 2.65. The minimum absolute atomic E-state index is 0.0836. The molecule has 1 aromatic heterocycles. The summed E-state index contributed by atoms with van der Waals surface area (Å²) in [5.74, 6) is 1.15. The van der Waals surface area contributed by atoms with Crippen LogP contribution in [0.3, 0.4) is 0 Å². The summed E-state index contributed by atoms with van der Waals surface area (Å²) in [6.07, 6.45) is 2.79. The lowest BCUT2D eigenvalue weighted by Crippen LogP contribution is -2.45. The molecule has 0 bridgehead atoms. The van der Waals surface area contributed by atoms with Crippen LogP contribution < -0.4 is 11.1 Å². The van der Waals surface area contributed by atoms with Crippen molar-refractivity contribution in [3.05, 3.63) is 47.2 Å². The highest BCUT2D eigenvalue weighted by molar-refractivity contribution is 5.94. The zero-order valence-electron chi connectivity index (χ0n) is 14.8. The number of nitrogens with two attached hydrogens (primary N) is 1. The third kappa shape index (κ3) is 3.90. The molecule has 132 valence electrons. The van der Waals surface area contributed by atoms with Gasteiger partial charge < -0.3 is 16.0 Å². The van der Waals surface area contributed by atoms with Gasteiger partial charge in [0.2, 0.25) is 5.95 Å². The van der Waals surface area contributed by atoms with Gasteiger partial charge in [-0.05, 0) is 38.3 Å². The van der Waals surface area contributed by atoms with Gasteiger partial charge in [-0.3, -0.25) is 4.79 Å². The maximum Gasteiger partial charge on any atom is 0.253 e. The van der Waals surface area contributed by atoms with Crippen LogP contribution in [-0.2, 0) is 6.42 Å². The number of benzene rings is 1. The second-order valence-electron chi connectivity index (χ2n) is 6.46. The molecule has 0 radical (unpaired) electrons. The number of piperidine rings is 1. The number of nitrogens with one attached hydrogen (secondary N) is 1. The molecule has 1 fully saturated rings. The Hall–Kier alpha value is -2.63. The third-order valence-electron chi connectivity index (χ3n) is 4.67. The summed E-state index contributed by atoms with van der Waals surface area (Å²) < 4.78 is 0. The van der Waals surface area contributed by atoms with Crippen molar-refractivity contribution in [2.45, 2.75) is 39.2 Å². The van der Waals surface area contributed by atoms with E-state index in [2.05, 4.69) is 22.2 Å². The minimum Gasteiger partial charge on any atom is -0.368 e. The lowest BCUT2D eigenvalue weighted by molar-refractivity contribution is 0.0714. The van der Waals surface area contributed by atoms with Crippen molar-refractivity contribution in [1.29, 1.82) is 0 Å². The maximum atomic E-state index is 12.7. The number of carbonyl (C=O) groups is 1. The zero-order chi connectivity index (χ0) is 17.8. The second kappa shape index (κ2) is 7.51. The van der Waals surface area contributed by atoms with E-state index in [1.807, 2.05) is 42.2 Å². The first kappa shape index (κ1) is 17.2. The van der Waals surface area contributed by atoms with Crippen LogP contribution in [0.1, 0.15) is 41.4 Å². The Kier molecular flexibility index (Phi) is 5.16. The number of amides is 1. The normalized spacial score (nSPS) is 17.4. The Morgan fingerprint density at radius 3 is 2.80 bits per heavy atom. The molecule has 25 heavy (non-hydrogen) atoms. The maximum absolute atomic E-state index is 12.7. The number of nitrogen functional groups attached to an aromatic ring is 1. The summed E-state index contributed by atoms with van der Waals surface area (Å²) in [4.78, 5) is 23.2. The van der Waals surface area contributed by atoms with Crippen molar-refractivity contribution < 1.29 is 4.79 Å². The number of hydrogen-bond acceptors (Lipinski definition) is 5. The highest BCUT2D eigenvalue weighted by Gasteiger charge is 2.25. The van der Waals surface area contributed by atoms with Crippen molar-refractivity contribution in [3.63, 3.8) is 0 Å². The molecular formula is C19H25N5O. The molecule has 2 heterocycles. The van der Waals surface area contributed by atoms with Gasteiger partial charge in [0.1, 0.15) is 5.82 Å². The van der Waals surface area contributed by atoms with Crippen molar-refractivity contribution in [2.24, 2.45) is 0 Å². The second-order valence-corrected chi connectivity index (χ2v) is 6.46. The Labute approximate surface area is 148 Å². The summed E-state index contributed by atoms with van der Waals surface area (Å²) in [5.41, 5.74) is 8.56. The van der Waals surface area contributed by atoms with Gasteiger partial charge in [0.25, 0.3) is 5.91 Å². The molecule has 1 atom stereocenters. The van der Waals surface area contributed by atoms with E-state index in [0.717, 1.165) is 48.4 Å². The molecule has 0 spiro atoms. The van der Waals surface area contributed by atoms with Gasteiger partial charge in [0, 0.05) is 30.3 Å². The van der Waals surface area contributed by atoms with E-state index in [4.69, 9.17) is 5.73 Å². The summed E-state index contributed by atoms with van der Waals surface area (Å²) >= 11 is 0. The largest absolute Gasteiger partial charge is 0.368 e. The first-order valence-corrected chi connectivity index (χ1v) is 8.82. The van der Waals surface area contributed by atoms with Crippen molar-refractivity contribution >= 4 is 17.7 Å². The Morgan fingerprint density at radius 2 is 2.08 bits per heavy atom. The van der Waals surface area contributed by atoms with Gasteiger partial charge in [-0.25, -0.2) is 4.98 Å². The van der Waals surface area contributed by atoms with Crippen LogP contribution in [0.4, 0.5) is 11.8 Å². The fraction of sp³-hybridized carbons (Fsp3) is 0.421. The number of hydrogen-bond donors (Lipinski definition) is 2. The number of likely N-dealkylation sites (tertiary alicyclic amines) is 1. The standard InChI is InChI=1S/C19H25N5O/c1-3-16-13(2)17(23-19(20)22-16)21-15-10-7-11-24(12-15)18(25)14-8-5-4-6-9-14/h4-6,8-9,15H,3,7,10-12H2,1-2H3,(H3,20,21,22,23). The van der Waals surface area contributed by atoms with Gasteiger partial charge >= 0.3 is 0 Å². The molecule has 3 N–H and O–H groups in total. The van der Waals surface area contributed by atoms with Crippen LogP contribution in [0.15, 0.2) is 30.3 Å². The predicted molar refractivity (Wildman–Crippen MR) is 99.5 cm³/mol. The average molecular weight is 339 g/mol. The first-order valence-electron chi connectivity index (χ1n) is 8.82. The molecule has 0 aliphatic carbocycles. The van der Waals surface area contributed by atoms with E-state index >= 15 is 0 Å². The summed E-state index contributed by atoms with van der Waals surface area (Å²) in [5, 5.41) is 3.48. The molecule has 1 unspecified atom stereocenters. The molecule has 0 saturated carbocycles. The van der Waals surface area contributed by atoms with E-state index in [1.165, 1.54) is 0 Å². The fourth-order valence-electron chi connectivity index (χ4n) is 3.30. The van der Waals surface area contributed by atoms with E-state index in [0.29, 0.717) is 6.54 Å². The van der Waals surface area contributed by atoms with Crippen molar-refractivity contribution in [1.82, 2.24) is 14.9 Å². The third-order valence-corrected chi connectivity index (χ3v) is 4.67. The number of rotatable bonds is 4. The highest BCUT2D eigenvalue weighted by atomic mass is 16.2. The fourth-order valence-corrected chi connectivity index (χ4v) is 3.30. The number of carbonyl (C=O) groups excluding carboxylic acids is 1. The van der Waals surface area contributed by atoms with Crippen molar-refractivity contribution in [3.8, 4) is 0 Å². The van der Waals surface area contributed by atoms with E-state index in [1.54, 1.807) is 0 Å². The van der Waals surface area contributed by atoms with Crippen LogP contribution in [-0.4, -0.2) is 39.9 Å². The molecule has 3 rings (SSSR count). The Balaban J connectivity index is 1.72. The molecule has 6 nitrogen and oxygen atoms in total. The van der Waals surface area contributed by atoms with Gasteiger partial charge in [-0.1, -0.05) is 25.1 Å². The quantitative estimate of drug-likeness (QED) is 0.894. The lowest BCUT2D eigenvalue weighted by atomic mass is 10.0. The summed E-state index contributed by atoms with van der Waals surface area (Å²) in [7, 11) is 0. The van der Waals surface area contributed by atoms with E-state index < -0.39 is 0 Å². The Morgan fingerprint density at radius 1 is 1.32 bits per heavy atom. The van der Waals surface area contributed by atoms with Crippen LogP contribution in [0.5, 0.6) is 0 Å². The van der Waals surface area contributed by atoms with Gasteiger partial charge in [-0.15, -0.1) is 0 Å². The van der Waals surface area contributed by atoms with Crippen LogP contribution in [0, 0.1) is 6.92 Å². The van der Waals surface area contributed by atoms with Crippen LogP contribution in [0.2, 0.25) is 0 Å². The highest BCUT2D eigenvalue weighted by Crippen LogP contribution is 2.21. The van der Waals surface area contributed by atoms with Gasteiger partial charge in [0.05, 0.1) is 5.69 Å². The summed E-state index contributed by atoms with van der Waals surface area (Å²) in [6.45, 7) is 5.52. The number of nitrogens with zero attached hydrogens (tertiary/aromatic N) is 3. The SMILES string of the molecule is CCc1nc(N)nc(NC2CCCN(C(=O)c3ccccc3)C2)c1C. The van der Waals surface area contributed by atoms with E-state index in [-0.39, 0.29) is 17.9 Å². The molecule has 2 aromatic rings.